The van der Waals surface area contributed by atoms with Gasteiger partial charge in [-0.3, -0.25) is 9.69 Å². The predicted octanol–water partition coefficient (Wildman–Crippen LogP) is 3.06. The van der Waals surface area contributed by atoms with Crippen LogP contribution < -0.4 is 10.6 Å². The van der Waals surface area contributed by atoms with Crippen molar-refractivity contribution in [1.82, 2.24) is 20.0 Å². The molecule has 4 heterocycles. The highest BCUT2D eigenvalue weighted by Gasteiger charge is 2.47. The van der Waals surface area contributed by atoms with Crippen molar-refractivity contribution < 1.29 is 22.7 Å². The van der Waals surface area contributed by atoms with Gasteiger partial charge in [-0.2, -0.15) is 18.3 Å². The summed E-state index contributed by atoms with van der Waals surface area (Å²) in [5.74, 6) is -0.300. The SMILES string of the molecule is O=C(NCCCN1CCOCC1)c1cnn2c1N[C@H](c1cccs1)C[C@H]2C(F)(F)F. The molecule has 7 nitrogen and oxygen atoms in total. The number of rotatable bonds is 6. The monoisotopic (exact) mass is 443 g/mol. The largest absolute Gasteiger partial charge is 0.410 e. The molecule has 1 fully saturated rings. The van der Waals surface area contributed by atoms with Gasteiger partial charge in [-0.25, -0.2) is 4.68 Å². The molecule has 0 aromatic carbocycles. The highest BCUT2D eigenvalue weighted by atomic mass is 32.1. The molecule has 30 heavy (non-hydrogen) atoms. The molecule has 0 spiro atoms. The van der Waals surface area contributed by atoms with Crippen molar-refractivity contribution in [2.75, 3.05) is 44.7 Å². The topological polar surface area (TPSA) is 71.4 Å². The first-order valence-corrected chi connectivity index (χ1v) is 10.8. The second-order valence-corrected chi connectivity index (χ2v) is 8.40. The van der Waals surface area contributed by atoms with Gasteiger partial charge in [0.05, 0.1) is 25.5 Å². The number of nitrogens with one attached hydrogen (secondary N) is 2. The third-order valence-corrected chi connectivity index (χ3v) is 6.40. The predicted molar refractivity (Wildman–Crippen MR) is 107 cm³/mol. The van der Waals surface area contributed by atoms with Gasteiger partial charge >= 0.3 is 6.18 Å². The Morgan fingerprint density at radius 2 is 2.17 bits per heavy atom. The summed E-state index contributed by atoms with van der Waals surface area (Å²) in [4.78, 5) is 15.7. The highest BCUT2D eigenvalue weighted by Crippen LogP contribution is 2.44. The molecule has 2 aromatic rings. The minimum atomic E-state index is -4.45. The summed E-state index contributed by atoms with van der Waals surface area (Å²) in [6.07, 6.45) is -2.65. The van der Waals surface area contributed by atoms with Crippen LogP contribution in [0.1, 0.15) is 40.2 Å². The Balaban J connectivity index is 1.43. The smallest absolute Gasteiger partial charge is 0.379 e. The lowest BCUT2D eigenvalue weighted by atomic mass is 10.0. The maximum absolute atomic E-state index is 13.7. The van der Waals surface area contributed by atoms with Crippen LogP contribution in [0.5, 0.6) is 0 Å². The molecule has 2 atom stereocenters. The fourth-order valence-corrected chi connectivity index (χ4v) is 4.62. The van der Waals surface area contributed by atoms with Gasteiger partial charge in [0.2, 0.25) is 0 Å². The number of halogens is 3. The average Bonchev–Trinajstić information content (AvgIpc) is 3.40. The number of aromatic nitrogens is 2. The minimum Gasteiger partial charge on any atom is -0.379 e. The summed E-state index contributed by atoms with van der Waals surface area (Å²) in [5.41, 5.74) is 0.136. The first kappa shape index (κ1) is 21.1. The summed E-state index contributed by atoms with van der Waals surface area (Å²) >= 11 is 1.39. The van der Waals surface area contributed by atoms with E-state index in [1.165, 1.54) is 17.5 Å². The zero-order valence-corrected chi connectivity index (χ0v) is 17.1. The maximum atomic E-state index is 13.7. The molecule has 0 radical (unpaired) electrons. The van der Waals surface area contributed by atoms with Crippen molar-refractivity contribution >= 4 is 23.1 Å². The number of fused-ring (bicyclic) bond motifs is 1. The Kier molecular flexibility index (Phi) is 6.30. The summed E-state index contributed by atoms with van der Waals surface area (Å²) < 4.78 is 47.2. The van der Waals surface area contributed by atoms with E-state index in [9.17, 15) is 18.0 Å². The van der Waals surface area contributed by atoms with Crippen LogP contribution in [-0.4, -0.2) is 66.2 Å². The van der Waals surface area contributed by atoms with Crippen molar-refractivity contribution in [1.29, 1.82) is 0 Å². The van der Waals surface area contributed by atoms with Crippen LogP contribution >= 0.6 is 11.3 Å². The molecule has 2 aliphatic heterocycles. The van der Waals surface area contributed by atoms with Crippen molar-refractivity contribution in [2.45, 2.75) is 31.1 Å². The Morgan fingerprint density at radius 3 is 2.87 bits per heavy atom. The van der Waals surface area contributed by atoms with Gasteiger partial charge in [0, 0.05) is 30.9 Å². The standard InChI is InChI=1S/C19H24F3N5O2S/c20-19(21,22)16-11-14(15-3-1-10-30-15)25-17-13(12-24-27(16)17)18(28)23-4-2-5-26-6-8-29-9-7-26/h1,3,10,12,14,16,25H,2,4-9,11H2,(H,23,28)/t14-,16-/m0/s1. The minimum absolute atomic E-state index is 0.118. The number of morpholine rings is 1. The molecule has 0 aliphatic carbocycles. The molecule has 0 unspecified atom stereocenters. The van der Waals surface area contributed by atoms with Crippen LogP contribution in [0, 0.1) is 0 Å². The molecule has 4 rings (SSSR count). The lowest BCUT2D eigenvalue weighted by Gasteiger charge is -2.33. The third kappa shape index (κ3) is 4.62. The van der Waals surface area contributed by atoms with Gasteiger partial charge in [0.25, 0.3) is 5.91 Å². The molecule has 0 saturated carbocycles. The zero-order chi connectivity index (χ0) is 21.1. The Morgan fingerprint density at radius 1 is 1.37 bits per heavy atom. The number of thiophene rings is 1. The van der Waals surface area contributed by atoms with E-state index in [2.05, 4.69) is 20.6 Å². The van der Waals surface area contributed by atoms with Gasteiger partial charge in [0.15, 0.2) is 6.04 Å². The van der Waals surface area contributed by atoms with Gasteiger partial charge in [0.1, 0.15) is 11.4 Å². The zero-order valence-electron chi connectivity index (χ0n) is 16.3. The number of alkyl halides is 3. The summed E-state index contributed by atoms with van der Waals surface area (Å²) in [7, 11) is 0. The quantitative estimate of drug-likeness (QED) is 0.672. The van der Waals surface area contributed by atoms with Crippen LogP contribution in [0.3, 0.4) is 0 Å². The molecule has 2 N–H and O–H groups in total. The van der Waals surface area contributed by atoms with Gasteiger partial charge in [-0.1, -0.05) is 6.07 Å². The lowest BCUT2D eigenvalue weighted by molar-refractivity contribution is -0.173. The number of ether oxygens (including phenoxy) is 1. The van der Waals surface area contributed by atoms with Crippen LogP contribution in [0.2, 0.25) is 0 Å². The fraction of sp³-hybridized carbons (Fsp3) is 0.579. The average molecular weight is 443 g/mol. The Labute approximate surface area is 176 Å². The second kappa shape index (κ2) is 8.94. The van der Waals surface area contributed by atoms with E-state index in [0.717, 1.165) is 35.6 Å². The number of nitrogens with zero attached hydrogens (tertiary/aromatic N) is 3. The van der Waals surface area contributed by atoms with Crippen LogP contribution in [0.4, 0.5) is 19.0 Å². The van der Waals surface area contributed by atoms with Crippen LogP contribution in [0.15, 0.2) is 23.7 Å². The Bertz CT molecular complexity index is 849. The number of amides is 1. The molecule has 164 valence electrons. The van der Waals surface area contributed by atoms with E-state index in [4.69, 9.17) is 4.74 Å². The van der Waals surface area contributed by atoms with Crippen LogP contribution in [0.25, 0.3) is 0 Å². The van der Waals surface area contributed by atoms with E-state index < -0.39 is 24.2 Å². The Hall–Kier alpha value is -2.11. The number of carbonyl (C=O) groups is 1. The van der Waals surface area contributed by atoms with Gasteiger partial charge in [-0.15, -0.1) is 11.3 Å². The molecule has 1 saturated heterocycles. The summed E-state index contributed by atoms with van der Waals surface area (Å²) in [6, 6.07) is 1.31. The molecule has 1 amide bonds. The van der Waals surface area contributed by atoms with E-state index >= 15 is 0 Å². The van der Waals surface area contributed by atoms with E-state index in [1.54, 1.807) is 12.1 Å². The van der Waals surface area contributed by atoms with Crippen LogP contribution in [-0.2, 0) is 4.74 Å². The van der Waals surface area contributed by atoms with E-state index in [-0.39, 0.29) is 17.8 Å². The fourth-order valence-electron chi connectivity index (χ4n) is 3.83. The number of hydrogen-bond acceptors (Lipinski definition) is 6. The van der Waals surface area contributed by atoms with Crippen molar-refractivity contribution in [2.24, 2.45) is 0 Å². The first-order chi connectivity index (χ1) is 14.4. The number of hydrogen-bond donors (Lipinski definition) is 2. The van der Waals surface area contributed by atoms with Gasteiger partial charge < -0.3 is 15.4 Å². The molecule has 11 heteroatoms. The first-order valence-electron chi connectivity index (χ1n) is 9.96. The maximum Gasteiger partial charge on any atom is 0.410 e. The van der Waals surface area contributed by atoms with Crippen molar-refractivity contribution in [3.63, 3.8) is 0 Å². The third-order valence-electron chi connectivity index (χ3n) is 5.41. The normalized spacial score (nSPS) is 22.4. The van der Waals surface area contributed by atoms with Gasteiger partial charge in [-0.05, 0) is 24.4 Å². The summed E-state index contributed by atoms with van der Waals surface area (Å²) in [6.45, 7) is 4.45. The van der Waals surface area contributed by atoms with Crippen molar-refractivity contribution in [3.8, 4) is 0 Å². The number of anilines is 1. The summed E-state index contributed by atoms with van der Waals surface area (Å²) in [5, 5.41) is 11.6. The highest BCUT2D eigenvalue weighted by molar-refractivity contribution is 7.10. The molecular formula is C19H24F3N5O2S. The van der Waals surface area contributed by atoms with Crippen molar-refractivity contribution in [3.05, 3.63) is 34.2 Å². The van der Waals surface area contributed by atoms with E-state index in [1.807, 2.05) is 5.38 Å². The number of carbonyl (C=O) groups excluding carboxylic acids is 1. The van der Waals surface area contributed by atoms with E-state index in [0.29, 0.717) is 19.8 Å². The lowest BCUT2D eigenvalue weighted by Crippen LogP contribution is -2.38. The molecule has 2 aliphatic rings. The molecule has 2 aromatic heterocycles. The second-order valence-electron chi connectivity index (χ2n) is 7.42. The molecular weight excluding hydrogens is 419 g/mol. The molecule has 0 bridgehead atoms.